The first-order chi connectivity index (χ1) is 7.18. The van der Waals surface area contributed by atoms with Crippen LogP contribution in [0.3, 0.4) is 0 Å². The highest BCUT2D eigenvalue weighted by molar-refractivity contribution is 5.65. The van der Waals surface area contributed by atoms with Gasteiger partial charge in [0.05, 0.1) is 5.69 Å². The van der Waals surface area contributed by atoms with E-state index in [1.165, 1.54) is 6.33 Å². The summed E-state index contributed by atoms with van der Waals surface area (Å²) in [6, 6.07) is 0. The predicted molar refractivity (Wildman–Crippen MR) is 56.9 cm³/mol. The van der Waals surface area contributed by atoms with E-state index in [4.69, 9.17) is 5.73 Å². The van der Waals surface area contributed by atoms with Gasteiger partial charge < -0.3 is 5.73 Å². The minimum absolute atomic E-state index is 0.501. The van der Waals surface area contributed by atoms with Gasteiger partial charge in [-0.3, -0.25) is 0 Å². The number of aryl methyl sites for hydroxylation is 1. The number of nitrogens with two attached hydrogens (primary N) is 1. The van der Waals surface area contributed by atoms with Crippen LogP contribution in [-0.2, 0) is 0 Å². The molecule has 0 radical (unpaired) electrons. The SMILES string of the molecule is Cc1nc(N)c(C)c(-c2cncnc2)n1. The second-order valence-corrected chi connectivity index (χ2v) is 3.26. The molecule has 0 saturated heterocycles. The Kier molecular flexibility index (Phi) is 2.29. The van der Waals surface area contributed by atoms with Crippen LogP contribution in [0, 0.1) is 13.8 Å². The Morgan fingerprint density at radius 2 is 1.73 bits per heavy atom. The molecule has 2 aromatic heterocycles. The Labute approximate surface area is 87.4 Å². The summed E-state index contributed by atoms with van der Waals surface area (Å²) >= 11 is 0. The second-order valence-electron chi connectivity index (χ2n) is 3.26. The first-order valence-corrected chi connectivity index (χ1v) is 4.54. The molecule has 0 aliphatic rings. The Hall–Kier alpha value is -2.04. The molecule has 0 aliphatic carbocycles. The fraction of sp³-hybridized carbons (Fsp3) is 0.200. The molecule has 0 fully saturated rings. The molecule has 0 aromatic carbocycles. The van der Waals surface area contributed by atoms with Crippen molar-refractivity contribution in [3.8, 4) is 11.3 Å². The minimum atomic E-state index is 0.501. The molecule has 0 amide bonds. The molecule has 0 aliphatic heterocycles. The standard InChI is InChI=1S/C10H11N5/c1-6-9(8-3-12-5-13-4-8)14-7(2)15-10(6)11/h3-5H,1-2H3,(H2,11,14,15). The number of hydrogen-bond donors (Lipinski definition) is 1. The zero-order valence-electron chi connectivity index (χ0n) is 8.60. The Morgan fingerprint density at radius 3 is 2.40 bits per heavy atom. The van der Waals surface area contributed by atoms with Crippen molar-refractivity contribution < 1.29 is 0 Å². The summed E-state index contributed by atoms with van der Waals surface area (Å²) < 4.78 is 0. The quantitative estimate of drug-likeness (QED) is 0.748. The molecule has 2 rings (SSSR count). The molecule has 0 unspecified atom stereocenters. The highest BCUT2D eigenvalue weighted by Crippen LogP contribution is 2.22. The zero-order chi connectivity index (χ0) is 10.8. The van der Waals surface area contributed by atoms with Crippen molar-refractivity contribution in [3.63, 3.8) is 0 Å². The van der Waals surface area contributed by atoms with E-state index in [9.17, 15) is 0 Å². The molecule has 2 heterocycles. The first kappa shape index (κ1) is 9.51. The molecular weight excluding hydrogens is 190 g/mol. The number of anilines is 1. The number of rotatable bonds is 1. The summed E-state index contributed by atoms with van der Waals surface area (Å²) in [5, 5.41) is 0. The largest absolute Gasteiger partial charge is 0.383 e. The van der Waals surface area contributed by atoms with E-state index in [1.54, 1.807) is 12.4 Å². The topological polar surface area (TPSA) is 77.6 Å². The molecule has 0 bridgehead atoms. The molecule has 0 saturated carbocycles. The van der Waals surface area contributed by atoms with E-state index >= 15 is 0 Å². The van der Waals surface area contributed by atoms with E-state index in [0.29, 0.717) is 11.6 Å². The summed E-state index contributed by atoms with van der Waals surface area (Å²) in [5.41, 5.74) is 8.27. The average molecular weight is 201 g/mol. The van der Waals surface area contributed by atoms with Crippen molar-refractivity contribution in [2.45, 2.75) is 13.8 Å². The number of aromatic nitrogens is 4. The zero-order valence-corrected chi connectivity index (χ0v) is 8.60. The van der Waals surface area contributed by atoms with Crippen LogP contribution in [0.25, 0.3) is 11.3 Å². The van der Waals surface area contributed by atoms with Crippen molar-refractivity contribution in [1.82, 2.24) is 19.9 Å². The molecular formula is C10H11N5. The summed E-state index contributed by atoms with van der Waals surface area (Å²) in [4.78, 5) is 16.3. The van der Waals surface area contributed by atoms with Gasteiger partial charge in [0.1, 0.15) is 18.0 Å². The molecule has 2 N–H and O–H groups in total. The lowest BCUT2D eigenvalue weighted by Gasteiger charge is -2.07. The number of nitrogen functional groups attached to an aromatic ring is 1. The van der Waals surface area contributed by atoms with E-state index in [2.05, 4.69) is 19.9 Å². The lowest BCUT2D eigenvalue weighted by Crippen LogP contribution is -2.02. The van der Waals surface area contributed by atoms with Gasteiger partial charge in [0.2, 0.25) is 0 Å². The maximum absolute atomic E-state index is 5.77. The summed E-state index contributed by atoms with van der Waals surface area (Å²) in [7, 11) is 0. The van der Waals surface area contributed by atoms with E-state index in [1.807, 2.05) is 13.8 Å². The lowest BCUT2D eigenvalue weighted by atomic mass is 10.1. The maximum Gasteiger partial charge on any atom is 0.130 e. The lowest BCUT2D eigenvalue weighted by molar-refractivity contribution is 1.04. The molecule has 5 nitrogen and oxygen atoms in total. The molecule has 15 heavy (non-hydrogen) atoms. The molecule has 0 atom stereocenters. The van der Waals surface area contributed by atoms with Crippen LogP contribution in [0.4, 0.5) is 5.82 Å². The Bertz CT molecular complexity index is 481. The highest BCUT2D eigenvalue weighted by atomic mass is 14.9. The minimum Gasteiger partial charge on any atom is -0.383 e. The second kappa shape index (κ2) is 3.61. The fourth-order valence-electron chi connectivity index (χ4n) is 1.35. The van der Waals surface area contributed by atoms with Gasteiger partial charge in [-0.25, -0.2) is 19.9 Å². The van der Waals surface area contributed by atoms with Gasteiger partial charge in [-0.05, 0) is 13.8 Å². The third-order valence-corrected chi connectivity index (χ3v) is 2.13. The first-order valence-electron chi connectivity index (χ1n) is 4.54. The molecule has 5 heteroatoms. The van der Waals surface area contributed by atoms with Crippen LogP contribution in [0.1, 0.15) is 11.4 Å². The fourth-order valence-corrected chi connectivity index (χ4v) is 1.35. The molecule has 76 valence electrons. The van der Waals surface area contributed by atoms with Crippen molar-refractivity contribution >= 4 is 5.82 Å². The molecule has 2 aromatic rings. The summed E-state index contributed by atoms with van der Waals surface area (Å²) in [6.45, 7) is 3.69. The van der Waals surface area contributed by atoms with Crippen molar-refractivity contribution in [3.05, 3.63) is 30.1 Å². The number of nitrogens with zero attached hydrogens (tertiary/aromatic N) is 4. The molecule has 0 spiro atoms. The van der Waals surface area contributed by atoms with E-state index < -0.39 is 0 Å². The van der Waals surface area contributed by atoms with Crippen molar-refractivity contribution in [2.75, 3.05) is 5.73 Å². The highest BCUT2D eigenvalue weighted by Gasteiger charge is 2.08. The smallest absolute Gasteiger partial charge is 0.130 e. The van der Waals surface area contributed by atoms with Crippen LogP contribution in [-0.4, -0.2) is 19.9 Å². The Morgan fingerprint density at radius 1 is 1.07 bits per heavy atom. The monoisotopic (exact) mass is 201 g/mol. The van der Waals surface area contributed by atoms with Crippen LogP contribution >= 0.6 is 0 Å². The third kappa shape index (κ3) is 1.76. The van der Waals surface area contributed by atoms with Gasteiger partial charge >= 0.3 is 0 Å². The number of hydrogen-bond acceptors (Lipinski definition) is 5. The van der Waals surface area contributed by atoms with Gasteiger partial charge in [-0.1, -0.05) is 0 Å². The van der Waals surface area contributed by atoms with Gasteiger partial charge in [0, 0.05) is 23.5 Å². The van der Waals surface area contributed by atoms with Crippen LogP contribution < -0.4 is 5.73 Å². The van der Waals surface area contributed by atoms with Crippen molar-refractivity contribution in [2.24, 2.45) is 0 Å². The summed E-state index contributed by atoms with van der Waals surface area (Å²) in [5.74, 6) is 1.15. The maximum atomic E-state index is 5.77. The van der Waals surface area contributed by atoms with E-state index in [0.717, 1.165) is 16.8 Å². The predicted octanol–water partition coefficient (Wildman–Crippen LogP) is 1.13. The van der Waals surface area contributed by atoms with Gasteiger partial charge in [-0.15, -0.1) is 0 Å². The van der Waals surface area contributed by atoms with Crippen LogP contribution in [0.5, 0.6) is 0 Å². The third-order valence-electron chi connectivity index (χ3n) is 2.13. The van der Waals surface area contributed by atoms with Crippen molar-refractivity contribution in [1.29, 1.82) is 0 Å². The van der Waals surface area contributed by atoms with Crippen LogP contribution in [0.15, 0.2) is 18.7 Å². The Balaban J connectivity index is 2.63. The van der Waals surface area contributed by atoms with Gasteiger partial charge in [0.25, 0.3) is 0 Å². The van der Waals surface area contributed by atoms with Crippen LogP contribution in [0.2, 0.25) is 0 Å². The van der Waals surface area contributed by atoms with Gasteiger partial charge in [0.15, 0.2) is 0 Å². The van der Waals surface area contributed by atoms with Gasteiger partial charge in [-0.2, -0.15) is 0 Å². The normalized spacial score (nSPS) is 10.3. The summed E-state index contributed by atoms with van der Waals surface area (Å²) in [6.07, 6.45) is 4.90. The average Bonchev–Trinajstić information content (AvgIpc) is 2.24. The van der Waals surface area contributed by atoms with E-state index in [-0.39, 0.29) is 0 Å².